The first-order chi connectivity index (χ1) is 15.3. The maximum absolute atomic E-state index is 12.7. The summed E-state index contributed by atoms with van der Waals surface area (Å²) in [6.07, 6.45) is 2.99. The number of halogens is 2. The molecule has 174 valence electrons. The molecule has 0 heterocycles. The molecule has 0 atom stereocenters. The smallest absolute Gasteiger partial charge is 0.246 e. The first-order valence-electron chi connectivity index (χ1n) is 10.1. The number of likely N-dealkylation sites (N-methyl/N-ethyl adjacent to an activating group) is 1. The lowest BCUT2D eigenvalue weighted by Gasteiger charge is -2.15. The largest absolute Gasteiger partial charge is 0.355 e. The molecule has 1 aromatic rings. The minimum atomic E-state index is -1.33. The molecule has 0 aromatic heterocycles. The Morgan fingerprint density at radius 2 is 1.88 bits per heavy atom. The number of hydrogen-bond donors (Lipinski definition) is 3. The standard InChI is InChI=1S/C23H31F2N5O2/c1-15(22(31)28-5)8-6-11-20(26-3)21(27-4)29-16(2)17-9-7-10-19(12-17)30-23(32)18(13-24)14-25/h7-10,12,18H,2,6,11,13-14H2,1,3-5H3,(H,27,29)(H,28,31)(H,30,32)/b15-8+,26-20?. The fourth-order valence-corrected chi connectivity index (χ4v) is 2.73. The second-order valence-electron chi connectivity index (χ2n) is 6.93. The van der Waals surface area contributed by atoms with Crippen LogP contribution in [0.4, 0.5) is 14.5 Å². The lowest BCUT2D eigenvalue weighted by molar-refractivity contribution is -0.120. The molecule has 0 spiro atoms. The molecule has 32 heavy (non-hydrogen) atoms. The van der Waals surface area contributed by atoms with Gasteiger partial charge in [0, 0.05) is 38.1 Å². The van der Waals surface area contributed by atoms with Gasteiger partial charge in [0.15, 0.2) is 0 Å². The zero-order valence-electron chi connectivity index (χ0n) is 19.0. The number of carbonyl (C=O) groups excluding carboxylic acids is 2. The maximum Gasteiger partial charge on any atom is 0.246 e. The van der Waals surface area contributed by atoms with E-state index in [1.807, 2.05) is 6.08 Å². The minimum Gasteiger partial charge on any atom is -0.355 e. The Bertz CT molecular complexity index is 905. The molecule has 0 fully saturated rings. The summed E-state index contributed by atoms with van der Waals surface area (Å²) in [5.41, 5.74) is 2.89. The quantitative estimate of drug-likeness (QED) is 0.276. The van der Waals surface area contributed by atoms with Gasteiger partial charge in [0.1, 0.15) is 19.2 Å². The van der Waals surface area contributed by atoms with Crippen LogP contribution in [-0.4, -0.2) is 57.9 Å². The summed E-state index contributed by atoms with van der Waals surface area (Å²) in [7, 11) is 4.86. The number of benzene rings is 1. The van der Waals surface area contributed by atoms with E-state index >= 15 is 0 Å². The van der Waals surface area contributed by atoms with Gasteiger partial charge in [-0.15, -0.1) is 0 Å². The second-order valence-corrected chi connectivity index (χ2v) is 6.93. The van der Waals surface area contributed by atoms with Gasteiger partial charge < -0.3 is 16.0 Å². The monoisotopic (exact) mass is 447 g/mol. The normalized spacial score (nSPS) is 12.5. The van der Waals surface area contributed by atoms with Gasteiger partial charge >= 0.3 is 0 Å². The Morgan fingerprint density at radius 3 is 2.44 bits per heavy atom. The Balaban J connectivity index is 2.86. The summed E-state index contributed by atoms with van der Waals surface area (Å²) in [5.74, 6) is -1.66. The zero-order valence-corrected chi connectivity index (χ0v) is 19.0. The molecular weight excluding hydrogens is 416 g/mol. The molecule has 0 saturated carbocycles. The number of rotatable bonds is 11. The number of alkyl halides is 2. The average Bonchev–Trinajstić information content (AvgIpc) is 2.80. The van der Waals surface area contributed by atoms with Crippen LogP contribution < -0.4 is 16.0 Å². The van der Waals surface area contributed by atoms with Crippen LogP contribution in [-0.2, 0) is 9.59 Å². The summed E-state index contributed by atoms with van der Waals surface area (Å²) < 4.78 is 25.5. The molecule has 2 amide bonds. The lowest BCUT2D eigenvalue weighted by atomic mass is 10.1. The lowest BCUT2D eigenvalue weighted by Crippen LogP contribution is -2.30. The number of hydrogen-bond acceptors (Lipinski definition) is 4. The van der Waals surface area contributed by atoms with Crippen LogP contribution in [0.5, 0.6) is 0 Å². The number of anilines is 1. The highest BCUT2D eigenvalue weighted by Crippen LogP contribution is 2.17. The van der Waals surface area contributed by atoms with E-state index in [2.05, 4.69) is 32.5 Å². The number of allylic oxidation sites excluding steroid dienone is 1. The van der Waals surface area contributed by atoms with E-state index in [4.69, 9.17) is 0 Å². The van der Waals surface area contributed by atoms with E-state index < -0.39 is 25.2 Å². The van der Waals surface area contributed by atoms with Gasteiger partial charge in [-0.25, -0.2) is 0 Å². The van der Waals surface area contributed by atoms with Crippen molar-refractivity contribution in [3.8, 4) is 0 Å². The Hall–Kier alpha value is -3.36. The van der Waals surface area contributed by atoms with Crippen molar-refractivity contribution in [1.82, 2.24) is 10.6 Å². The molecular formula is C23H31F2N5O2. The van der Waals surface area contributed by atoms with Crippen molar-refractivity contribution in [1.29, 1.82) is 0 Å². The van der Waals surface area contributed by atoms with Crippen molar-refractivity contribution < 1.29 is 18.4 Å². The van der Waals surface area contributed by atoms with Crippen LogP contribution in [0.15, 0.2) is 52.5 Å². The third kappa shape index (κ3) is 8.05. The van der Waals surface area contributed by atoms with E-state index in [0.29, 0.717) is 46.9 Å². The average molecular weight is 448 g/mol. The number of aliphatic imine (C=N–C) groups is 2. The van der Waals surface area contributed by atoms with Gasteiger partial charge in [-0.2, -0.15) is 0 Å². The van der Waals surface area contributed by atoms with Crippen LogP contribution in [0.25, 0.3) is 5.70 Å². The van der Waals surface area contributed by atoms with Gasteiger partial charge in [0.2, 0.25) is 11.8 Å². The highest BCUT2D eigenvalue weighted by Gasteiger charge is 2.18. The molecule has 0 bridgehead atoms. The molecule has 0 radical (unpaired) electrons. The third-order valence-electron chi connectivity index (χ3n) is 4.67. The molecule has 0 aliphatic rings. The summed E-state index contributed by atoms with van der Waals surface area (Å²) in [6.45, 7) is 3.63. The summed E-state index contributed by atoms with van der Waals surface area (Å²) >= 11 is 0. The molecule has 9 heteroatoms. The van der Waals surface area contributed by atoms with Crippen molar-refractivity contribution in [2.75, 3.05) is 39.8 Å². The Labute approximate surface area is 187 Å². The SMILES string of the molecule is C=C(NC(=NC)C(CC/C=C(\C)C(=O)NC)=NC)c1cccc(NC(=O)C(CF)CF)c1. The van der Waals surface area contributed by atoms with Gasteiger partial charge in [-0.3, -0.25) is 28.4 Å². The summed E-state index contributed by atoms with van der Waals surface area (Å²) in [4.78, 5) is 32.1. The second kappa shape index (κ2) is 13.8. The summed E-state index contributed by atoms with van der Waals surface area (Å²) in [5, 5.41) is 8.21. The highest BCUT2D eigenvalue weighted by molar-refractivity contribution is 6.42. The highest BCUT2D eigenvalue weighted by atomic mass is 19.1. The predicted octanol–water partition coefficient (Wildman–Crippen LogP) is 3.31. The Morgan fingerprint density at radius 1 is 1.19 bits per heavy atom. The third-order valence-corrected chi connectivity index (χ3v) is 4.67. The molecule has 1 rings (SSSR count). The first-order valence-corrected chi connectivity index (χ1v) is 10.1. The zero-order chi connectivity index (χ0) is 24.1. The van der Waals surface area contributed by atoms with Crippen molar-refractivity contribution in [2.45, 2.75) is 19.8 Å². The van der Waals surface area contributed by atoms with Crippen LogP contribution in [0.2, 0.25) is 0 Å². The molecule has 7 nitrogen and oxygen atoms in total. The van der Waals surface area contributed by atoms with Gasteiger partial charge in [-0.1, -0.05) is 24.8 Å². The molecule has 0 aliphatic heterocycles. The number of nitrogens with one attached hydrogen (secondary N) is 3. The van der Waals surface area contributed by atoms with Crippen LogP contribution in [0, 0.1) is 5.92 Å². The van der Waals surface area contributed by atoms with E-state index in [1.165, 1.54) is 0 Å². The molecule has 1 aromatic carbocycles. The van der Waals surface area contributed by atoms with Crippen LogP contribution in [0.1, 0.15) is 25.3 Å². The topological polar surface area (TPSA) is 94.9 Å². The molecule has 0 unspecified atom stereocenters. The van der Waals surface area contributed by atoms with Crippen molar-refractivity contribution in [2.24, 2.45) is 15.9 Å². The van der Waals surface area contributed by atoms with Gasteiger partial charge in [0.25, 0.3) is 0 Å². The van der Waals surface area contributed by atoms with Crippen LogP contribution >= 0.6 is 0 Å². The molecule has 3 N–H and O–H groups in total. The molecule has 0 aliphatic carbocycles. The van der Waals surface area contributed by atoms with Crippen molar-refractivity contribution >= 4 is 34.7 Å². The molecule has 0 saturated heterocycles. The van der Waals surface area contributed by atoms with Crippen molar-refractivity contribution in [3.05, 3.63) is 48.1 Å². The number of nitrogens with zero attached hydrogens (tertiary/aromatic N) is 2. The van der Waals surface area contributed by atoms with E-state index in [1.54, 1.807) is 52.3 Å². The number of amidine groups is 1. The van der Waals surface area contributed by atoms with E-state index in [9.17, 15) is 18.4 Å². The van der Waals surface area contributed by atoms with Crippen molar-refractivity contribution in [3.63, 3.8) is 0 Å². The van der Waals surface area contributed by atoms with E-state index in [0.717, 1.165) is 0 Å². The van der Waals surface area contributed by atoms with Gasteiger partial charge in [0.05, 0.1) is 11.6 Å². The van der Waals surface area contributed by atoms with Gasteiger partial charge in [-0.05, 0) is 37.5 Å². The van der Waals surface area contributed by atoms with Crippen LogP contribution in [0.3, 0.4) is 0 Å². The number of amides is 2. The first kappa shape index (κ1) is 26.7. The minimum absolute atomic E-state index is 0.132. The maximum atomic E-state index is 12.7. The fourth-order valence-electron chi connectivity index (χ4n) is 2.73. The Kier molecular flexibility index (Phi) is 11.5. The predicted molar refractivity (Wildman–Crippen MR) is 126 cm³/mol. The fraction of sp³-hybridized carbons (Fsp3) is 0.391. The number of carbonyl (C=O) groups is 2. The van der Waals surface area contributed by atoms with E-state index in [-0.39, 0.29) is 5.91 Å². The summed E-state index contributed by atoms with van der Waals surface area (Å²) in [6, 6.07) is 6.74.